The van der Waals surface area contributed by atoms with Crippen LogP contribution < -0.4 is 21.1 Å². The van der Waals surface area contributed by atoms with Crippen molar-refractivity contribution in [3.8, 4) is 17.0 Å². The van der Waals surface area contributed by atoms with Crippen molar-refractivity contribution in [1.82, 2.24) is 15.3 Å². The van der Waals surface area contributed by atoms with E-state index >= 15 is 0 Å². The fourth-order valence-electron chi connectivity index (χ4n) is 4.63. The number of aromatic nitrogens is 2. The molecule has 1 saturated heterocycles. The molecule has 3 aliphatic heterocycles. The van der Waals surface area contributed by atoms with E-state index in [1.165, 1.54) is 0 Å². The van der Waals surface area contributed by atoms with Gasteiger partial charge in [-0.3, -0.25) is 4.79 Å². The van der Waals surface area contributed by atoms with Gasteiger partial charge in [0.1, 0.15) is 11.9 Å². The summed E-state index contributed by atoms with van der Waals surface area (Å²) < 4.78 is 18.1. The first-order valence-corrected chi connectivity index (χ1v) is 13.1. The van der Waals surface area contributed by atoms with Gasteiger partial charge in [-0.05, 0) is 67.1 Å². The fourth-order valence-corrected chi connectivity index (χ4v) is 4.63. The van der Waals surface area contributed by atoms with Crippen LogP contribution in [0.4, 0.5) is 17.3 Å². The summed E-state index contributed by atoms with van der Waals surface area (Å²) in [4.78, 5) is 21.8. The average molecular weight is 518 g/mol. The molecular weight excluding hydrogens is 482 g/mol. The number of ether oxygens (including phenoxy) is 3. The predicted octanol–water partition coefficient (Wildman–Crippen LogP) is 4.70. The smallest absolute Gasteiger partial charge is 0.251 e. The Morgan fingerprint density at radius 1 is 1.13 bits per heavy atom. The number of rotatable bonds is 2. The zero-order chi connectivity index (χ0) is 26.5. The van der Waals surface area contributed by atoms with Crippen molar-refractivity contribution < 1.29 is 19.0 Å². The van der Waals surface area contributed by atoms with Crippen LogP contribution in [0.2, 0.25) is 0 Å². The third-order valence-corrected chi connectivity index (χ3v) is 6.81. The number of nitrogens with one attached hydrogen (secondary N) is 2. The number of carbonyl (C=O) groups is 1. The molecule has 9 heteroatoms. The van der Waals surface area contributed by atoms with Crippen LogP contribution in [-0.2, 0) is 16.1 Å². The van der Waals surface area contributed by atoms with E-state index in [0.717, 1.165) is 48.4 Å². The maximum Gasteiger partial charge on any atom is 0.251 e. The molecule has 4 N–H and O–H groups in total. The van der Waals surface area contributed by atoms with Crippen molar-refractivity contribution in [2.75, 3.05) is 37.4 Å². The van der Waals surface area contributed by atoms with E-state index in [4.69, 9.17) is 19.9 Å². The second-order valence-corrected chi connectivity index (χ2v) is 10.6. The largest absolute Gasteiger partial charge is 0.488 e. The quantitative estimate of drug-likeness (QED) is 0.418. The minimum absolute atomic E-state index is 0.0209. The number of nitrogens with zero attached hydrogens (tertiary/aromatic N) is 2. The number of carbonyl (C=O) groups excluding carboxylic acids is 1. The van der Waals surface area contributed by atoms with Gasteiger partial charge < -0.3 is 30.6 Å². The van der Waals surface area contributed by atoms with Crippen molar-refractivity contribution >= 4 is 23.2 Å². The highest BCUT2D eigenvalue weighted by Gasteiger charge is 2.21. The van der Waals surface area contributed by atoms with Gasteiger partial charge in [-0.25, -0.2) is 9.97 Å². The topological polar surface area (TPSA) is 121 Å². The summed E-state index contributed by atoms with van der Waals surface area (Å²) >= 11 is 0. The van der Waals surface area contributed by atoms with Gasteiger partial charge in [-0.1, -0.05) is 13.8 Å². The molecule has 200 valence electrons. The van der Waals surface area contributed by atoms with Crippen molar-refractivity contribution in [1.29, 1.82) is 0 Å². The van der Waals surface area contributed by atoms with Crippen molar-refractivity contribution in [3.63, 3.8) is 0 Å². The van der Waals surface area contributed by atoms with Gasteiger partial charge in [0.25, 0.3) is 5.91 Å². The lowest BCUT2D eigenvalue weighted by Gasteiger charge is -2.26. The molecule has 9 nitrogen and oxygen atoms in total. The lowest BCUT2D eigenvalue weighted by Crippen LogP contribution is -2.30. The Bertz CT molecular complexity index is 1290. The van der Waals surface area contributed by atoms with Gasteiger partial charge in [0.15, 0.2) is 0 Å². The summed E-state index contributed by atoms with van der Waals surface area (Å²) in [5.74, 6) is 1.06. The number of fused-ring (bicyclic) bond motifs is 9. The molecule has 1 aromatic heterocycles. The summed E-state index contributed by atoms with van der Waals surface area (Å²) in [6, 6.07) is 13.0. The van der Waals surface area contributed by atoms with Crippen LogP contribution in [0.5, 0.6) is 5.75 Å². The maximum atomic E-state index is 12.7. The lowest BCUT2D eigenvalue weighted by molar-refractivity contribution is 0.00480. The maximum absolute atomic E-state index is 12.7. The van der Waals surface area contributed by atoms with Gasteiger partial charge in [0, 0.05) is 47.4 Å². The van der Waals surface area contributed by atoms with E-state index in [1.54, 1.807) is 24.4 Å². The Morgan fingerprint density at radius 2 is 2.03 bits per heavy atom. The SMILES string of the molecule is CC1(C)CCNC(=O)c2ccc(c(N)c2)-c2ccnc(n2)Nc2ccc(OC3CCCOC3)c(c2)COC1. The highest BCUT2D eigenvalue weighted by Crippen LogP contribution is 2.30. The summed E-state index contributed by atoms with van der Waals surface area (Å²) in [6.07, 6.45) is 4.41. The van der Waals surface area contributed by atoms with E-state index in [9.17, 15) is 4.79 Å². The summed E-state index contributed by atoms with van der Waals surface area (Å²) in [5, 5.41) is 6.30. The van der Waals surface area contributed by atoms with Crippen molar-refractivity contribution in [2.24, 2.45) is 5.41 Å². The first-order valence-electron chi connectivity index (χ1n) is 13.1. The number of hydrogen-bond acceptors (Lipinski definition) is 8. The van der Waals surface area contributed by atoms with E-state index in [-0.39, 0.29) is 17.4 Å². The van der Waals surface area contributed by atoms with Crippen LogP contribution in [-0.4, -0.2) is 48.3 Å². The Morgan fingerprint density at radius 3 is 2.84 bits per heavy atom. The molecule has 1 fully saturated rings. The minimum atomic E-state index is -0.160. The number of hydrogen-bond donors (Lipinski definition) is 3. The monoisotopic (exact) mass is 517 g/mol. The fraction of sp³-hybridized carbons (Fsp3) is 0.414. The first-order chi connectivity index (χ1) is 18.4. The molecule has 0 radical (unpaired) electrons. The molecule has 6 bridgehead atoms. The number of nitrogen functional groups attached to an aromatic ring is 1. The molecule has 2 aromatic carbocycles. The number of nitrogens with two attached hydrogens (primary N) is 1. The second-order valence-electron chi connectivity index (χ2n) is 10.6. The molecule has 4 heterocycles. The van der Waals surface area contributed by atoms with Crippen LogP contribution in [0.1, 0.15) is 49.0 Å². The van der Waals surface area contributed by atoms with Gasteiger partial charge in [-0.2, -0.15) is 0 Å². The Labute approximate surface area is 223 Å². The van der Waals surface area contributed by atoms with Gasteiger partial charge in [0.2, 0.25) is 5.95 Å². The third kappa shape index (κ3) is 6.41. The van der Waals surface area contributed by atoms with E-state index < -0.39 is 0 Å². The zero-order valence-corrected chi connectivity index (χ0v) is 22.0. The Balaban J connectivity index is 1.47. The molecule has 6 rings (SSSR count). The molecule has 0 spiro atoms. The molecule has 1 atom stereocenters. The third-order valence-electron chi connectivity index (χ3n) is 6.81. The molecule has 0 saturated carbocycles. The molecule has 0 aliphatic carbocycles. The zero-order valence-electron chi connectivity index (χ0n) is 22.0. The van der Waals surface area contributed by atoms with E-state index in [2.05, 4.69) is 34.4 Å². The molecule has 1 unspecified atom stereocenters. The Kier molecular flexibility index (Phi) is 7.76. The van der Waals surface area contributed by atoms with Gasteiger partial charge in [-0.15, -0.1) is 0 Å². The summed E-state index contributed by atoms with van der Waals surface area (Å²) in [5.41, 5.74) is 10.3. The van der Waals surface area contributed by atoms with Crippen molar-refractivity contribution in [2.45, 2.75) is 45.8 Å². The van der Waals surface area contributed by atoms with Crippen LogP contribution in [0.25, 0.3) is 11.3 Å². The average Bonchev–Trinajstić information content (AvgIpc) is 2.90. The number of anilines is 3. The standard InChI is InChI=1S/C29H35N5O4/c1-29(2)10-12-31-27(35)19-5-7-23(24(30)15-19)25-9-11-32-28(34-25)33-21-6-8-26(20(14-21)16-37-18-29)38-22-4-3-13-36-17-22/h5-9,11,14-15,22H,3-4,10,12-13,16-18,30H2,1-2H3,(H,31,35)(H,32,33,34). The van der Waals surface area contributed by atoms with E-state index in [1.807, 2.05) is 24.3 Å². The first kappa shape index (κ1) is 25.9. The summed E-state index contributed by atoms with van der Waals surface area (Å²) in [6.45, 7) is 7.07. The van der Waals surface area contributed by atoms with E-state index in [0.29, 0.717) is 49.3 Å². The number of benzene rings is 2. The Hall–Kier alpha value is -3.69. The van der Waals surface area contributed by atoms with Gasteiger partial charge >= 0.3 is 0 Å². The molecule has 1 amide bonds. The van der Waals surface area contributed by atoms with Crippen LogP contribution in [0.3, 0.4) is 0 Å². The van der Waals surface area contributed by atoms with Crippen LogP contribution in [0, 0.1) is 5.41 Å². The normalized spacial score (nSPS) is 19.8. The highest BCUT2D eigenvalue weighted by atomic mass is 16.5. The number of amides is 1. The minimum Gasteiger partial charge on any atom is -0.488 e. The van der Waals surface area contributed by atoms with Crippen molar-refractivity contribution in [3.05, 3.63) is 59.8 Å². The lowest BCUT2D eigenvalue weighted by atomic mass is 9.90. The molecular formula is C29H35N5O4. The molecule has 3 aliphatic rings. The van der Waals surface area contributed by atoms with Gasteiger partial charge in [0.05, 0.1) is 25.5 Å². The van der Waals surface area contributed by atoms with Crippen LogP contribution >= 0.6 is 0 Å². The predicted molar refractivity (Wildman–Crippen MR) is 146 cm³/mol. The summed E-state index contributed by atoms with van der Waals surface area (Å²) in [7, 11) is 0. The molecule has 3 aromatic rings. The second kappa shape index (κ2) is 11.4. The van der Waals surface area contributed by atoms with Crippen LogP contribution in [0.15, 0.2) is 48.7 Å². The highest BCUT2D eigenvalue weighted by molar-refractivity contribution is 5.96. The molecule has 38 heavy (non-hydrogen) atoms.